The highest BCUT2D eigenvalue weighted by molar-refractivity contribution is 9.09. The van der Waals surface area contributed by atoms with Crippen LogP contribution in [-0.4, -0.2) is 32.1 Å². The molecule has 0 unspecified atom stereocenters. The summed E-state index contributed by atoms with van der Waals surface area (Å²) in [7, 11) is 0. The molecule has 0 aromatic heterocycles. The van der Waals surface area contributed by atoms with E-state index in [0.29, 0.717) is 6.42 Å². The van der Waals surface area contributed by atoms with E-state index in [1.807, 2.05) is 0 Å². The summed E-state index contributed by atoms with van der Waals surface area (Å²) in [5.41, 5.74) is -1.07. The Kier molecular flexibility index (Phi) is 3.01. The van der Waals surface area contributed by atoms with Crippen molar-refractivity contribution >= 4 is 27.5 Å². The molecule has 0 aromatic rings. The first-order valence-corrected chi connectivity index (χ1v) is 8.62. The summed E-state index contributed by atoms with van der Waals surface area (Å²) in [6, 6.07) is 0. The number of aliphatic hydroxyl groups excluding tert-OH is 1. The predicted molar refractivity (Wildman–Crippen MR) is 80.7 cm³/mol. The second kappa shape index (κ2) is 3.91. The van der Waals surface area contributed by atoms with Gasteiger partial charge in [0.15, 0.2) is 0 Å². The zero-order valence-corrected chi connectivity index (χ0v) is 14.3. The average Bonchev–Trinajstić information content (AvgIpc) is 2.28. The third-order valence-corrected chi connectivity index (χ3v) is 9.24. The smallest absolute Gasteiger partial charge is 0.0740 e. The molecule has 2 N–H and O–H groups in total. The van der Waals surface area contributed by atoms with Gasteiger partial charge in [-0.1, -0.05) is 36.7 Å². The molecule has 4 saturated carbocycles. The third-order valence-electron chi connectivity index (χ3n) is 6.80. The summed E-state index contributed by atoms with van der Waals surface area (Å²) in [6.07, 6.45) is 3.69. The van der Waals surface area contributed by atoms with Crippen LogP contribution in [-0.2, 0) is 0 Å². The van der Waals surface area contributed by atoms with Crippen molar-refractivity contribution in [3.8, 4) is 0 Å². The molecule has 0 radical (unpaired) electrons. The molecule has 110 valence electrons. The molecular formula is C15H24BrClO2. The van der Waals surface area contributed by atoms with Crippen LogP contribution in [0.4, 0.5) is 0 Å². The van der Waals surface area contributed by atoms with Crippen molar-refractivity contribution in [3.63, 3.8) is 0 Å². The number of hydrogen-bond acceptors (Lipinski definition) is 2. The summed E-state index contributed by atoms with van der Waals surface area (Å²) in [4.78, 5) is 0.0200. The van der Waals surface area contributed by atoms with E-state index in [9.17, 15) is 10.2 Å². The molecule has 0 aliphatic heterocycles. The maximum Gasteiger partial charge on any atom is 0.0740 e. The first-order chi connectivity index (χ1) is 8.58. The number of alkyl halides is 2. The monoisotopic (exact) mass is 350 g/mol. The quantitative estimate of drug-likeness (QED) is 0.656. The van der Waals surface area contributed by atoms with Gasteiger partial charge < -0.3 is 10.2 Å². The average molecular weight is 352 g/mol. The molecule has 2 nitrogen and oxygen atoms in total. The van der Waals surface area contributed by atoms with Gasteiger partial charge in [0.1, 0.15) is 0 Å². The fourth-order valence-electron chi connectivity index (χ4n) is 5.42. The third kappa shape index (κ3) is 1.56. The number of hydrogen-bond donors (Lipinski definition) is 2. The van der Waals surface area contributed by atoms with Gasteiger partial charge >= 0.3 is 0 Å². The van der Waals surface area contributed by atoms with Crippen LogP contribution >= 0.6 is 27.5 Å². The van der Waals surface area contributed by atoms with Crippen LogP contribution in [0.1, 0.15) is 52.9 Å². The highest BCUT2D eigenvalue weighted by atomic mass is 79.9. The molecular weight excluding hydrogens is 328 g/mol. The van der Waals surface area contributed by atoms with E-state index in [-0.39, 0.29) is 26.4 Å². The van der Waals surface area contributed by atoms with Crippen LogP contribution in [0.3, 0.4) is 0 Å². The Bertz CT molecular complexity index is 415. The van der Waals surface area contributed by atoms with E-state index in [2.05, 4.69) is 36.7 Å². The lowest BCUT2D eigenvalue weighted by atomic mass is 9.37. The number of rotatable bonds is 0. The minimum absolute atomic E-state index is 0.0200. The zero-order valence-electron chi connectivity index (χ0n) is 11.9. The Morgan fingerprint density at radius 1 is 1.16 bits per heavy atom. The Morgan fingerprint density at radius 3 is 2.37 bits per heavy atom. The fourth-order valence-corrected chi connectivity index (χ4v) is 6.49. The van der Waals surface area contributed by atoms with E-state index >= 15 is 0 Å². The van der Waals surface area contributed by atoms with Gasteiger partial charge in [0, 0.05) is 22.0 Å². The van der Waals surface area contributed by atoms with Gasteiger partial charge in [-0.3, -0.25) is 0 Å². The lowest BCUT2D eigenvalue weighted by Crippen LogP contribution is -2.73. The van der Waals surface area contributed by atoms with Crippen molar-refractivity contribution in [1.82, 2.24) is 0 Å². The summed E-state index contributed by atoms with van der Waals surface area (Å²) in [5, 5.41) is 21.8. The minimum atomic E-state index is -0.765. The predicted octanol–water partition coefficient (Wildman–Crippen LogP) is 3.46. The standard InChI is InChI=1S/C15H24BrClO2/c1-12(2)11(16)9(18)6-15(19)8-13(3)4-5-14(12,15)7-10(13)17/h9-11,18-19H,4-8H2,1-3H3/t9-,10-,11-,13-,14-,15-/m0/s1. The molecule has 4 rings (SSSR count). The molecule has 1 spiro atoms. The lowest BCUT2D eigenvalue weighted by molar-refractivity contribution is -0.266. The summed E-state index contributed by atoms with van der Waals surface area (Å²) in [6.45, 7) is 6.56. The molecule has 2 bridgehead atoms. The first kappa shape index (κ1) is 14.6. The van der Waals surface area contributed by atoms with Crippen molar-refractivity contribution in [1.29, 1.82) is 0 Å². The van der Waals surface area contributed by atoms with Crippen LogP contribution in [0.15, 0.2) is 0 Å². The largest absolute Gasteiger partial charge is 0.392 e. The van der Waals surface area contributed by atoms with Gasteiger partial charge in [-0.05, 0) is 36.5 Å². The molecule has 6 atom stereocenters. The summed E-state index contributed by atoms with van der Waals surface area (Å²) >= 11 is 10.3. The van der Waals surface area contributed by atoms with Crippen LogP contribution < -0.4 is 0 Å². The molecule has 4 fully saturated rings. The molecule has 4 aliphatic carbocycles. The molecule has 4 heteroatoms. The normalized spacial score (nSPS) is 59.8. The topological polar surface area (TPSA) is 40.5 Å². The Balaban J connectivity index is 2.12. The van der Waals surface area contributed by atoms with Crippen molar-refractivity contribution in [3.05, 3.63) is 0 Å². The van der Waals surface area contributed by atoms with Gasteiger partial charge in [0.2, 0.25) is 0 Å². The second-order valence-corrected chi connectivity index (χ2v) is 9.52. The maximum atomic E-state index is 11.3. The number of aliphatic hydroxyl groups is 2. The van der Waals surface area contributed by atoms with Crippen LogP contribution in [0.2, 0.25) is 0 Å². The number of halogens is 2. The van der Waals surface area contributed by atoms with Gasteiger partial charge in [0.25, 0.3) is 0 Å². The van der Waals surface area contributed by atoms with Crippen molar-refractivity contribution in [2.75, 3.05) is 0 Å². The summed E-state index contributed by atoms with van der Waals surface area (Å²) in [5.74, 6) is 0. The molecule has 19 heavy (non-hydrogen) atoms. The highest BCUT2D eigenvalue weighted by Gasteiger charge is 2.72. The zero-order chi connectivity index (χ0) is 14.3. The molecule has 0 amide bonds. The van der Waals surface area contributed by atoms with Gasteiger partial charge in [-0.2, -0.15) is 0 Å². The van der Waals surface area contributed by atoms with E-state index in [1.165, 1.54) is 0 Å². The summed E-state index contributed by atoms with van der Waals surface area (Å²) < 4.78 is 0. The highest BCUT2D eigenvalue weighted by Crippen LogP contribution is 2.72. The van der Waals surface area contributed by atoms with Crippen molar-refractivity contribution < 1.29 is 10.2 Å². The van der Waals surface area contributed by atoms with Crippen molar-refractivity contribution in [2.45, 2.75) is 74.8 Å². The molecule has 0 saturated heterocycles. The molecule has 4 aliphatic rings. The second-order valence-electron chi connectivity index (χ2n) is 8.01. The first-order valence-electron chi connectivity index (χ1n) is 7.27. The van der Waals surface area contributed by atoms with E-state index < -0.39 is 11.7 Å². The Labute approximate surface area is 129 Å². The van der Waals surface area contributed by atoms with Gasteiger partial charge in [-0.15, -0.1) is 11.6 Å². The maximum absolute atomic E-state index is 11.3. The van der Waals surface area contributed by atoms with Crippen LogP contribution in [0.5, 0.6) is 0 Å². The van der Waals surface area contributed by atoms with Crippen molar-refractivity contribution in [2.24, 2.45) is 16.2 Å². The van der Waals surface area contributed by atoms with E-state index in [4.69, 9.17) is 11.6 Å². The minimum Gasteiger partial charge on any atom is -0.392 e. The van der Waals surface area contributed by atoms with E-state index in [0.717, 1.165) is 25.7 Å². The Morgan fingerprint density at radius 2 is 1.79 bits per heavy atom. The SMILES string of the molecule is CC1(C)[C@@H](Br)[C@@H](O)C[C@]2(O)C[C@]3(C)CC[C@]12C[C@@H]3Cl. The molecule has 0 aromatic carbocycles. The van der Waals surface area contributed by atoms with Gasteiger partial charge in [0.05, 0.1) is 11.7 Å². The fraction of sp³-hybridized carbons (Fsp3) is 1.00. The van der Waals surface area contributed by atoms with Crippen LogP contribution in [0, 0.1) is 16.2 Å². The Hall–Kier alpha value is 0.690. The number of fused-ring (bicyclic) bond motifs is 2. The van der Waals surface area contributed by atoms with E-state index in [1.54, 1.807) is 0 Å². The lowest BCUT2D eigenvalue weighted by Gasteiger charge is -2.71. The van der Waals surface area contributed by atoms with Gasteiger partial charge in [-0.25, -0.2) is 0 Å². The van der Waals surface area contributed by atoms with Crippen LogP contribution in [0.25, 0.3) is 0 Å². The molecule has 0 heterocycles.